The highest BCUT2D eigenvalue weighted by Gasteiger charge is 2.24. The monoisotopic (exact) mass is 383 g/mol. The highest BCUT2D eigenvalue weighted by atomic mass is 35.5. The largest absolute Gasteiger partial charge is 0.279 e. The Hall–Kier alpha value is -2.13. The van der Waals surface area contributed by atoms with Gasteiger partial charge in [0.1, 0.15) is 0 Å². The van der Waals surface area contributed by atoms with Crippen molar-refractivity contribution in [3.05, 3.63) is 69.3 Å². The molecule has 0 fully saturated rings. The molecule has 0 aliphatic heterocycles. The summed E-state index contributed by atoms with van der Waals surface area (Å²) in [6, 6.07) is 5.70. The molecule has 0 unspecified atom stereocenters. The molecule has 0 atom stereocenters. The lowest BCUT2D eigenvalue weighted by Crippen LogP contribution is -2.10. The molecule has 0 aliphatic rings. The minimum Gasteiger partial charge on any atom is -0.279 e. The van der Waals surface area contributed by atoms with Crippen LogP contribution >= 0.6 is 11.6 Å². The van der Waals surface area contributed by atoms with Gasteiger partial charge in [-0.3, -0.25) is 4.72 Å². The third-order valence-electron chi connectivity index (χ3n) is 2.78. The maximum Gasteiger partial charge on any atom is 0.255 e. The SMILES string of the molecule is O=S(=O)(/C=C/c1c(F)c(F)c(F)c(F)c1F)Nc1ccccc1Cl. The molecule has 1 N–H and O–H groups in total. The van der Waals surface area contributed by atoms with Gasteiger partial charge in [0.25, 0.3) is 10.0 Å². The van der Waals surface area contributed by atoms with Crippen molar-refractivity contribution in [2.45, 2.75) is 0 Å². The van der Waals surface area contributed by atoms with Crippen LogP contribution in [-0.4, -0.2) is 8.42 Å². The van der Waals surface area contributed by atoms with Crippen LogP contribution in [-0.2, 0) is 10.0 Å². The number of nitrogens with one attached hydrogen (secondary N) is 1. The fourth-order valence-corrected chi connectivity index (χ4v) is 2.76. The third kappa shape index (κ3) is 3.68. The molecular formula is C14H7ClF5NO2S. The Labute approximate surface area is 138 Å². The standard InChI is InChI=1S/C14H7ClF5NO2S/c15-8-3-1-2-4-9(8)21-24(22,23)6-5-7-10(16)12(18)14(20)13(19)11(7)17/h1-6,21H/b6-5+. The van der Waals surface area contributed by atoms with E-state index in [1.807, 2.05) is 4.72 Å². The second-order valence-electron chi connectivity index (χ2n) is 4.41. The van der Waals surface area contributed by atoms with Gasteiger partial charge in [-0.15, -0.1) is 0 Å². The number of hydrogen-bond acceptors (Lipinski definition) is 2. The van der Waals surface area contributed by atoms with E-state index in [0.29, 0.717) is 0 Å². The summed E-state index contributed by atoms with van der Waals surface area (Å²) >= 11 is 5.75. The molecule has 0 saturated heterocycles. The average Bonchev–Trinajstić information content (AvgIpc) is 2.53. The van der Waals surface area contributed by atoms with Crippen LogP contribution in [0.25, 0.3) is 6.08 Å². The Morgan fingerprint density at radius 2 is 1.38 bits per heavy atom. The molecule has 0 radical (unpaired) electrons. The highest BCUT2D eigenvalue weighted by molar-refractivity contribution is 7.95. The van der Waals surface area contributed by atoms with Gasteiger partial charge in [-0.25, -0.2) is 30.4 Å². The van der Waals surface area contributed by atoms with Gasteiger partial charge in [-0.2, -0.15) is 0 Å². The second kappa shape index (κ2) is 6.78. The molecular weight excluding hydrogens is 377 g/mol. The molecule has 24 heavy (non-hydrogen) atoms. The van der Waals surface area contributed by atoms with Crippen LogP contribution in [0.2, 0.25) is 5.02 Å². The van der Waals surface area contributed by atoms with E-state index >= 15 is 0 Å². The molecule has 128 valence electrons. The van der Waals surface area contributed by atoms with E-state index < -0.39 is 44.7 Å². The predicted octanol–water partition coefficient (Wildman–Crippen LogP) is 4.45. The Morgan fingerprint density at radius 1 is 0.875 bits per heavy atom. The number of benzene rings is 2. The summed E-state index contributed by atoms with van der Waals surface area (Å²) in [4.78, 5) is 0. The van der Waals surface area contributed by atoms with E-state index in [1.54, 1.807) is 0 Å². The first-order valence-electron chi connectivity index (χ1n) is 6.11. The number of para-hydroxylation sites is 1. The molecule has 0 amide bonds. The number of halogens is 6. The van der Waals surface area contributed by atoms with Crippen LogP contribution in [0.1, 0.15) is 5.56 Å². The van der Waals surface area contributed by atoms with Gasteiger partial charge >= 0.3 is 0 Å². The van der Waals surface area contributed by atoms with Crippen LogP contribution in [0.4, 0.5) is 27.6 Å². The van der Waals surface area contributed by atoms with Crippen molar-refractivity contribution < 1.29 is 30.4 Å². The minimum absolute atomic E-state index is 0.0266. The Kier molecular flexibility index (Phi) is 5.14. The summed E-state index contributed by atoms with van der Waals surface area (Å²) < 4.78 is 91.5. The first-order valence-corrected chi connectivity index (χ1v) is 8.03. The topological polar surface area (TPSA) is 46.2 Å². The number of sulfonamides is 1. The molecule has 0 heterocycles. The summed E-state index contributed by atoms with van der Waals surface area (Å²) in [5, 5.41) is 0.305. The molecule has 0 bridgehead atoms. The van der Waals surface area contributed by atoms with Crippen LogP contribution in [0.3, 0.4) is 0 Å². The van der Waals surface area contributed by atoms with Crippen molar-refractivity contribution in [1.82, 2.24) is 0 Å². The van der Waals surface area contributed by atoms with E-state index in [4.69, 9.17) is 11.6 Å². The lowest BCUT2D eigenvalue weighted by Gasteiger charge is -2.07. The zero-order valence-electron chi connectivity index (χ0n) is 11.5. The van der Waals surface area contributed by atoms with E-state index in [0.717, 1.165) is 0 Å². The lowest BCUT2D eigenvalue weighted by atomic mass is 10.1. The quantitative estimate of drug-likeness (QED) is 0.482. The van der Waals surface area contributed by atoms with Crippen molar-refractivity contribution in [3.8, 4) is 0 Å². The minimum atomic E-state index is -4.31. The Morgan fingerprint density at radius 3 is 1.92 bits per heavy atom. The third-order valence-corrected chi connectivity index (χ3v) is 4.11. The van der Waals surface area contributed by atoms with E-state index in [1.165, 1.54) is 24.3 Å². The zero-order valence-corrected chi connectivity index (χ0v) is 13.0. The van der Waals surface area contributed by atoms with E-state index in [-0.39, 0.29) is 22.2 Å². The van der Waals surface area contributed by atoms with Crippen molar-refractivity contribution in [3.63, 3.8) is 0 Å². The van der Waals surface area contributed by atoms with Crippen molar-refractivity contribution in [1.29, 1.82) is 0 Å². The molecule has 2 aromatic rings. The maximum atomic E-state index is 13.5. The van der Waals surface area contributed by atoms with Crippen molar-refractivity contribution >= 4 is 33.4 Å². The van der Waals surface area contributed by atoms with Gasteiger partial charge in [-0.05, 0) is 18.2 Å². The molecule has 0 aliphatic carbocycles. The Balaban J connectivity index is 2.39. The zero-order chi connectivity index (χ0) is 18.1. The van der Waals surface area contributed by atoms with Crippen molar-refractivity contribution in [2.24, 2.45) is 0 Å². The van der Waals surface area contributed by atoms with Crippen LogP contribution in [0, 0.1) is 29.1 Å². The second-order valence-corrected chi connectivity index (χ2v) is 6.39. The van der Waals surface area contributed by atoms with Gasteiger partial charge in [-0.1, -0.05) is 23.7 Å². The van der Waals surface area contributed by atoms with Gasteiger partial charge in [0.05, 0.1) is 21.7 Å². The van der Waals surface area contributed by atoms with Crippen LogP contribution < -0.4 is 4.72 Å². The van der Waals surface area contributed by atoms with E-state index in [2.05, 4.69) is 0 Å². The molecule has 0 spiro atoms. The summed E-state index contributed by atoms with van der Waals surface area (Å²) in [6.45, 7) is 0. The normalized spacial score (nSPS) is 11.9. The summed E-state index contributed by atoms with van der Waals surface area (Å²) in [7, 11) is -4.31. The number of anilines is 1. The van der Waals surface area contributed by atoms with Crippen LogP contribution in [0.5, 0.6) is 0 Å². The predicted molar refractivity (Wildman–Crippen MR) is 79.3 cm³/mol. The fourth-order valence-electron chi connectivity index (χ4n) is 1.66. The summed E-state index contributed by atoms with van der Waals surface area (Å²) in [6.07, 6.45) is 0.259. The molecule has 0 saturated carbocycles. The van der Waals surface area contributed by atoms with Crippen LogP contribution in [0.15, 0.2) is 29.7 Å². The van der Waals surface area contributed by atoms with Gasteiger partial charge in [0, 0.05) is 0 Å². The van der Waals surface area contributed by atoms with Crippen molar-refractivity contribution in [2.75, 3.05) is 4.72 Å². The Bertz CT molecular complexity index is 902. The maximum absolute atomic E-state index is 13.5. The highest BCUT2D eigenvalue weighted by Crippen LogP contribution is 2.25. The summed E-state index contributed by atoms with van der Waals surface area (Å²) in [5.41, 5.74) is -1.41. The summed E-state index contributed by atoms with van der Waals surface area (Å²) in [5.74, 6) is -11.0. The van der Waals surface area contributed by atoms with Gasteiger partial charge in [0.2, 0.25) is 5.82 Å². The average molecular weight is 384 g/mol. The van der Waals surface area contributed by atoms with E-state index in [9.17, 15) is 30.4 Å². The number of rotatable bonds is 4. The molecule has 2 aromatic carbocycles. The fraction of sp³-hybridized carbons (Fsp3) is 0. The molecule has 0 aromatic heterocycles. The smallest absolute Gasteiger partial charge is 0.255 e. The van der Waals surface area contributed by atoms with Gasteiger partial charge in [0.15, 0.2) is 23.3 Å². The number of hydrogen-bond donors (Lipinski definition) is 1. The first kappa shape index (κ1) is 18.2. The molecule has 2 rings (SSSR count). The van der Waals surface area contributed by atoms with Gasteiger partial charge < -0.3 is 0 Å². The molecule has 3 nitrogen and oxygen atoms in total. The first-order chi connectivity index (χ1) is 11.1. The lowest BCUT2D eigenvalue weighted by molar-refractivity contribution is 0.377. The molecule has 10 heteroatoms.